The molecule has 0 unspecified atom stereocenters. The smallest absolute Gasteiger partial charge is 0.257 e. The summed E-state index contributed by atoms with van der Waals surface area (Å²) in [6.07, 6.45) is 1.73. The van der Waals surface area contributed by atoms with Gasteiger partial charge >= 0.3 is 0 Å². The third-order valence-electron chi connectivity index (χ3n) is 7.86. The van der Waals surface area contributed by atoms with Gasteiger partial charge in [-0.3, -0.25) is 9.69 Å². The molecule has 0 bridgehead atoms. The van der Waals surface area contributed by atoms with E-state index in [1.165, 1.54) is 0 Å². The number of amides is 1. The van der Waals surface area contributed by atoms with Crippen LogP contribution in [0.25, 0.3) is 0 Å². The van der Waals surface area contributed by atoms with Gasteiger partial charge in [0.1, 0.15) is 0 Å². The van der Waals surface area contributed by atoms with Gasteiger partial charge in [0.15, 0.2) is 5.72 Å². The molecule has 3 aromatic rings. The molecule has 5 rings (SSSR count). The molecule has 1 aliphatic carbocycles. The molecule has 6 nitrogen and oxygen atoms in total. The first-order chi connectivity index (χ1) is 18.5. The Morgan fingerprint density at radius 1 is 1.00 bits per heavy atom. The first kappa shape index (κ1) is 28.1. The van der Waals surface area contributed by atoms with Gasteiger partial charge in [-0.2, -0.15) is 0 Å². The summed E-state index contributed by atoms with van der Waals surface area (Å²) in [6.45, 7) is 2.72. The van der Waals surface area contributed by atoms with E-state index in [-0.39, 0.29) is 31.1 Å². The van der Waals surface area contributed by atoms with Crippen LogP contribution in [0.4, 0.5) is 0 Å². The second kappa shape index (κ2) is 10.5. The van der Waals surface area contributed by atoms with E-state index in [4.69, 9.17) is 27.9 Å². The predicted octanol–water partition coefficient (Wildman–Crippen LogP) is 5.41. The van der Waals surface area contributed by atoms with E-state index in [1.807, 2.05) is 55.4 Å². The fourth-order valence-corrected chi connectivity index (χ4v) is 5.71. The second-order valence-electron chi connectivity index (χ2n) is 11.4. The number of aliphatic hydroxyl groups excluding tert-OH is 1. The molecule has 0 saturated heterocycles. The first-order valence-corrected chi connectivity index (χ1v) is 13.8. The van der Waals surface area contributed by atoms with Crippen molar-refractivity contribution in [1.29, 1.82) is 0 Å². The molecule has 2 atom stereocenters. The minimum Gasteiger partial charge on any atom is -0.396 e. The van der Waals surface area contributed by atoms with Crippen molar-refractivity contribution in [1.82, 2.24) is 9.80 Å². The quantitative estimate of drug-likeness (QED) is 0.342. The minimum atomic E-state index is -1.26. The van der Waals surface area contributed by atoms with Crippen LogP contribution in [0.15, 0.2) is 66.7 Å². The number of rotatable bonds is 10. The standard InChI is InChI=1S/C31H34Cl2N2O4/c1-29(38,18-34(2)3)23-8-13-27-26(16-23)28(37)35(17-21-4-9-24(32)10-5-21)31(27,22-6-11-25(33)12-7-22)39-20-30(19-36)14-15-30/h4-13,16,36,38H,14-15,17-20H2,1-3H3/t29-,31+/m0/s1. The SMILES string of the molecule is CN(C)C[C@](C)(O)c1ccc2c(c1)C(=O)N(Cc1ccc(Cl)cc1)[C@@]2(OCC1(CO)CC1)c1ccc(Cl)cc1. The number of ether oxygens (including phenoxy) is 1. The molecule has 1 amide bonds. The van der Waals surface area contributed by atoms with Crippen molar-refractivity contribution >= 4 is 29.1 Å². The number of aliphatic hydroxyl groups is 2. The lowest BCUT2D eigenvalue weighted by Crippen LogP contribution is -2.47. The van der Waals surface area contributed by atoms with Gasteiger partial charge in [-0.1, -0.05) is 59.6 Å². The largest absolute Gasteiger partial charge is 0.396 e. The Morgan fingerprint density at radius 3 is 2.18 bits per heavy atom. The van der Waals surface area contributed by atoms with Crippen molar-refractivity contribution in [3.63, 3.8) is 0 Å². The molecule has 1 aliphatic heterocycles. The summed E-state index contributed by atoms with van der Waals surface area (Å²) >= 11 is 12.4. The Morgan fingerprint density at radius 2 is 1.62 bits per heavy atom. The van der Waals surface area contributed by atoms with Gasteiger partial charge in [0.05, 0.1) is 18.8 Å². The Labute approximate surface area is 239 Å². The molecule has 2 aliphatic rings. The summed E-state index contributed by atoms with van der Waals surface area (Å²) < 4.78 is 6.84. The van der Waals surface area contributed by atoms with Crippen LogP contribution in [0.1, 0.15) is 52.4 Å². The molecule has 0 spiro atoms. The monoisotopic (exact) mass is 568 g/mol. The number of nitrogens with zero attached hydrogens (tertiary/aromatic N) is 2. The summed E-state index contributed by atoms with van der Waals surface area (Å²) in [5.41, 5.74) is 0.739. The van der Waals surface area contributed by atoms with Gasteiger partial charge in [0.2, 0.25) is 0 Å². The molecule has 0 aromatic heterocycles. The highest BCUT2D eigenvalue weighted by Gasteiger charge is 2.55. The fourth-order valence-electron chi connectivity index (χ4n) is 5.46. The molecule has 8 heteroatoms. The number of halogens is 2. The third kappa shape index (κ3) is 5.34. The van der Waals surface area contributed by atoms with Crippen LogP contribution in [-0.2, 0) is 22.6 Å². The third-order valence-corrected chi connectivity index (χ3v) is 8.36. The van der Waals surface area contributed by atoms with Crippen molar-refractivity contribution < 1.29 is 19.7 Å². The number of likely N-dealkylation sites (N-methyl/N-ethyl adjacent to an activating group) is 1. The van der Waals surface area contributed by atoms with Crippen molar-refractivity contribution in [2.75, 3.05) is 33.9 Å². The molecule has 206 valence electrons. The molecule has 39 heavy (non-hydrogen) atoms. The van der Waals surface area contributed by atoms with Gasteiger partial charge in [0.25, 0.3) is 5.91 Å². The molecular formula is C31H34Cl2N2O4. The van der Waals surface area contributed by atoms with Crippen LogP contribution >= 0.6 is 23.2 Å². The van der Waals surface area contributed by atoms with Crippen LogP contribution in [0.5, 0.6) is 0 Å². The van der Waals surface area contributed by atoms with Crippen molar-refractivity contribution in [2.24, 2.45) is 5.41 Å². The van der Waals surface area contributed by atoms with E-state index in [0.29, 0.717) is 33.3 Å². The van der Waals surface area contributed by atoms with Crippen LogP contribution < -0.4 is 0 Å². The summed E-state index contributed by atoms with van der Waals surface area (Å²) in [5.74, 6) is -0.203. The zero-order valence-electron chi connectivity index (χ0n) is 22.5. The Bertz CT molecular complexity index is 1350. The first-order valence-electron chi connectivity index (χ1n) is 13.1. The Kier molecular flexibility index (Phi) is 7.57. The van der Waals surface area contributed by atoms with Gasteiger partial charge in [-0.25, -0.2) is 0 Å². The average molecular weight is 570 g/mol. The zero-order chi connectivity index (χ0) is 28.0. The highest BCUT2D eigenvalue weighted by molar-refractivity contribution is 6.30. The van der Waals surface area contributed by atoms with Crippen molar-refractivity contribution in [3.8, 4) is 0 Å². The lowest BCUT2D eigenvalue weighted by atomic mass is 9.88. The lowest BCUT2D eigenvalue weighted by Gasteiger charge is -2.40. The van der Waals surface area contributed by atoms with Crippen molar-refractivity contribution in [2.45, 2.75) is 37.6 Å². The van der Waals surface area contributed by atoms with E-state index in [9.17, 15) is 15.0 Å². The molecule has 2 N–H and O–H groups in total. The summed E-state index contributed by atoms with van der Waals surface area (Å²) in [5, 5.41) is 22.5. The number of hydrogen-bond acceptors (Lipinski definition) is 5. The van der Waals surface area contributed by atoms with E-state index < -0.39 is 11.3 Å². The van der Waals surface area contributed by atoms with Gasteiger partial charge in [-0.05, 0) is 75.3 Å². The summed E-state index contributed by atoms with van der Waals surface area (Å²) in [7, 11) is 3.80. The predicted molar refractivity (Wildman–Crippen MR) is 153 cm³/mol. The van der Waals surface area contributed by atoms with E-state index in [0.717, 1.165) is 24.0 Å². The molecule has 0 radical (unpaired) electrons. The molecule has 1 fully saturated rings. The highest BCUT2D eigenvalue weighted by Crippen LogP contribution is 2.51. The maximum atomic E-state index is 14.3. The fraction of sp³-hybridized carbons (Fsp3) is 0.387. The van der Waals surface area contributed by atoms with E-state index in [2.05, 4.69) is 0 Å². The number of benzene rings is 3. The van der Waals surface area contributed by atoms with E-state index in [1.54, 1.807) is 42.2 Å². The average Bonchev–Trinajstić information content (AvgIpc) is 3.65. The number of hydrogen-bond donors (Lipinski definition) is 2. The van der Waals surface area contributed by atoms with Gasteiger partial charge in [-0.15, -0.1) is 0 Å². The number of carbonyl (C=O) groups is 1. The number of carbonyl (C=O) groups excluding carboxylic acids is 1. The van der Waals surface area contributed by atoms with Gasteiger partial charge in [0, 0.05) is 45.2 Å². The lowest BCUT2D eigenvalue weighted by molar-refractivity contribution is -0.128. The van der Waals surface area contributed by atoms with Crippen LogP contribution in [0.3, 0.4) is 0 Å². The van der Waals surface area contributed by atoms with Gasteiger partial charge < -0.3 is 19.8 Å². The van der Waals surface area contributed by atoms with Crippen LogP contribution in [0.2, 0.25) is 10.0 Å². The zero-order valence-corrected chi connectivity index (χ0v) is 24.0. The second-order valence-corrected chi connectivity index (χ2v) is 12.3. The normalized spacial score (nSPS) is 21.2. The molecular weight excluding hydrogens is 535 g/mol. The van der Waals surface area contributed by atoms with E-state index >= 15 is 0 Å². The molecule has 3 aromatic carbocycles. The summed E-state index contributed by atoms with van der Waals surface area (Å²) in [4.78, 5) is 17.9. The molecule has 1 heterocycles. The Balaban J connectivity index is 1.68. The number of fused-ring (bicyclic) bond motifs is 1. The van der Waals surface area contributed by atoms with Crippen molar-refractivity contribution in [3.05, 3.63) is 105 Å². The topological polar surface area (TPSA) is 73.2 Å². The molecule has 1 saturated carbocycles. The Hall–Kier alpha value is -2.45. The summed E-state index contributed by atoms with van der Waals surface area (Å²) in [6, 6.07) is 20.3. The maximum Gasteiger partial charge on any atom is 0.257 e. The maximum absolute atomic E-state index is 14.3. The highest BCUT2D eigenvalue weighted by atomic mass is 35.5. The minimum absolute atomic E-state index is 0.0219. The van der Waals surface area contributed by atoms with Crippen LogP contribution in [0, 0.1) is 5.41 Å². The van der Waals surface area contributed by atoms with Crippen LogP contribution in [-0.4, -0.2) is 59.8 Å².